The van der Waals surface area contributed by atoms with E-state index in [0.29, 0.717) is 24.6 Å². The molecule has 0 saturated heterocycles. The smallest absolute Gasteiger partial charge is 0.261 e. The van der Waals surface area contributed by atoms with Gasteiger partial charge < -0.3 is 14.8 Å². The molecule has 1 heterocycles. The number of carbonyl (C=O) groups excluding carboxylic acids is 1. The number of benzene rings is 2. The average Bonchev–Trinajstić information content (AvgIpc) is 2.97. The van der Waals surface area contributed by atoms with E-state index in [4.69, 9.17) is 21.1 Å². The number of ether oxygens (including phenoxy) is 2. The summed E-state index contributed by atoms with van der Waals surface area (Å²) in [5.74, 6) is 1.40. The van der Waals surface area contributed by atoms with Gasteiger partial charge in [-0.1, -0.05) is 29.8 Å². The molecule has 1 atom stereocenters. The third-order valence-electron chi connectivity index (χ3n) is 3.42. The molecule has 3 rings (SSSR count). The maximum atomic E-state index is 12.1. The van der Waals surface area contributed by atoms with Crippen LogP contribution in [0.15, 0.2) is 48.5 Å². The second-order valence-corrected chi connectivity index (χ2v) is 5.45. The van der Waals surface area contributed by atoms with Crippen molar-refractivity contribution in [2.24, 2.45) is 0 Å². The summed E-state index contributed by atoms with van der Waals surface area (Å²) in [7, 11) is 0. The maximum absolute atomic E-state index is 12.1. The summed E-state index contributed by atoms with van der Waals surface area (Å²) in [6.07, 6.45) is 0.160. The minimum atomic E-state index is -0.451. The topological polar surface area (TPSA) is 47.6 Å². The van der Waals surface area contributed by atoms with Gasteiger partial charge in [0.25, 0.3) is 5.91 Å². The van der Waals surface area contributed by atoms with Crippen LogP contribution in [0.2, 0.25) is 5.02 Å². The van der Waals surface area contributed by atoms with Gasteiger partial charge in [-0.3, -0.25) is 4.79 Å². The standard InChI is InChI=1S/C17H16ClNO3/c18-13-5-7-14(8-6-13)21-10-9-19-17(20)16-11-12-3-1-2-4-15(12)22-16/h1-8,16H,9-11H2,(H,19,20). The number of rotatable bonds is 5. The molecule has 0 bridgehead atoms. The van der Waals surface area contributed by atoms with Gasteiger partial charge in [-0.15, -0.1) is 0 Å². The van der Waals surface area contributed by atoms with Gasteiger partial charge in [0.05, 0.1) is 6.54 Å². The van der Waals surface area contributed by atoms with Gasteiger partial charge in [0, 0.05) is 11.4 Å². The van der Waals surface area contributed by atoms with Crippen molar-refractivity contribution in [1.82, 2.24) is 5.32 Å². The van der Waals surface area contributed by atoms with E-state index in [2.05, 4.69) is 5.32 Å². The first-order valence-electron chi connectivity index (χ1n) is 7.13. The van der Waals surface area contributed by atoms with Crippen molar-refractivity contribution < 1.29 is 14.3 Å². The predicted molar refractivity (Wildman–Crippen MR) is 84.5 cm³/mol. The van der Waals surface area contributed by atoms with Gasteiger partial charge in [0.15, 0.2) is 6.10 Å². The van der Waals surface area contributed by atoms with Crippen molar-refractivity contribution in [2.75, 3.05) is 13.2 Å². The van der Waals surface area contributed by atoms with Crippen LogP contribution >= 0.6 is 11.6 Å². The molecule has 0 aromatic heterocycles. The zero-order valence-electron chi connectivity index (χ0n) is 11.9. The van der Waals surface area contributed by atoms with Crippen molar-refractivity contribution in [3.63, 3.8) is 0 Å². The van der Waals surface area contributed by atoms with Gasteiger partial charge in [-0.2, -0.15) is 0 Å². The molecule has 5 heteroatoms. The fourth-order valence-electron chi connectivity index (χ4n) is 2.32. The Morgan fingerprint density at radius 2 is 2.00 bits per heavy atom. The lowest BCUT2D eigenvalue weighted by Gasteiger charge is -2.12. The van der Waals surface area contributed by atoms with E-state index in [1.165, 1.54) is 0 Å². The molecule has 0 spiro atoms. The summed E-state index contributed by atoms with van der Waals surface area (Å²) in [6.45, 7) is 0.824. The van der Waals surface area contributed by atoms with E-state index < -0.39 is 6.10 Å². The fraction of sp³-hybridized carbons (Fsp3) is 0.235. The van der Waals surface area contributed by atoms with E-state index in [0.717, 1.165) is 17.1 Å². The molecular weight excluding hydrogens is 302 g/mol. The average molecular weight is 318 g/mol. The Hall–Kier alpha value is -2.20. The quantitative estimate of drug-likeness (QED) is 0.863. The van der Waals surface area contributed by atoms with Gasteiger partial charge in [0.1, 0.15) is 18.1 Å². The van der Waals surface area contributed by atoms with Crippen LogP contribution in [0.3, 0.4) is 0 Å². The van der Waals surface area contributed by atoms with Crippen molar-refractivity contribution in [3.05, 3.63) is 59.1 Å². The molecule has 0 aliphatic carbocycles. The first-order chi connectivity index (χ1) is 10.7. The van der Waals surface area contributed by atoms with Crippen LogP contribution < -0.4 is 14.8 Å². The Balaban J connectivity index is 1.41. The number of carbonyl (C=O) groups is 1. The molecule has 4 nitrogen and oxygen atoms in total. The number of hydrogen-bond acceptors (Lipinski definition) is 3. The zero-order valence-corrected chi connectivity index (χ0v) is 12.7. The lowest BCUT2D eigenvalue weighted by atomic mass is 10.1. The van der Waals surface area contributed by atoms with Crippen LogP contribution in [0.5, 0.6) is 11.5 Å². The Bertz CT molecular complexity index is 632. The number of halogens is 1. The largest absolute Gasteiger partial charge is 0.492 e. The number of para-hydroxylation sites is 1. The van der Waals surface area contributed by atoms with Crippen LogP contribution in [0.1, 0.15) is 5.56 Å². The van der Waals surface area contributed by atoms with Crippen LogP contribution in [-0.4, -0.2) is 25.2 Å². The van der Waals surface area contributed by atoms with E-state index in [1.54, 1.807) is 24.3 Å². The Morgan fingerprint density at radius 1 is 1.23 bits per heavy atom. The highest BCUT2D eigenvalue weighted by Crippen LogP contribution is 2.28. The van der Waals surface area contributed by atoms with Crippen molar-refractivity contribution in [3.8, 4) is 11.5 Å². The molecule has 114 valence electrons. The van der Waals surface area contributed by atoms with Crippen LogP contribution in [0.25, 0.3) is 0 Å². The monoisotopic (exact) mass is 317 g/mol. The summed E-state index contributed by atoms with van der Waals surface area (Å²) in [4.78, 5) is 12.1. The third-order valence-corrected chi connectivity index (χ3v) is 3.68. The normalized spacial score (nSPS) is 15.8. The summed E-state index contributed by atoms with van der Waals surface area (Å²) in [5, 5.41) is 3.49. The van der Waals surface area contributed by atoms with Crippen molar-refractivity contribution in [1.29, 1.82) is 0 Å². The molecule has 0 radical (unpaired) electrons. The molecule has 1 aliphatic heterocycles. The fourth-order valence-corrected chi connectivity index (χ4v) is 2.44. The van der Waals surface area contributed by atoms with E-state index in [1.807, 2.05) is 24.3 Å². The summed E-state index contributed by atoms with van der Waals surface area (Å²) >= 11 is 5.80. The molecule has 2 aromatic rings. The van der Waals surface area contributed by atoms with Crippen LogP contribution in [-0.2, 0) is 11.2 Å². The Labute approximate surface area is 134 Å². The lowest BCUT2D eigenvalue weighted by molar-refractivity contribution is -0.127. The molecule has 0 saturated carbocycles. The molecule has 22 heavy (non-hydrogen) atoms. The second kappa shape index (κ2) is 6.71. The van der Waals surface area contributed by atoms with E-state index >= 15 is 0 Å². The minimum absolute atomic E-state index is 0.115. The Morgan fingerprint density at radius 3 is 2.77 bits per heavy atom. The zero-order chi connectivity index (χ0) is 15.4. The molecular formula is C17H16ClNO3. The summed E-state index contributed by atoms with van der Waals surface area (Å²) in [6, 6.07) is 14.8. The molecule has 1 aliphatic rings. The number of nitrogens with one attached hydrogen (secondary N) is 1. The third kappa shape index (κ3) is 3.52. The molecule has 0 fully saturated rings. The number of amides is 1. The van der Waals surface area contributed by atoms with Crippen molar-refractivity contribution in [2.45, 2.75) is 12.5 Å². The first-order valence-corrected chi connectivity index (χ1v) is 7.51. The minimum Gasteiger partial charge on any atom is -0.492 e. The summed E-state index contributed by atoms with van der Waals surface area (Å²) in [5.41, 5.74) is 1.07. The molecule has 2 aromatic carbocycles. The highest BCUT2D eigenvalue weighted by Gasteiger charge is 2.28. The molecule has 1 N–H and O–H groups in total. The number of hydrogen-bond donors (Lipinski definition) is 1. The van der Waals surface area contributed by atoms with Crippen LogP contribution in [0, 0.1) is 0 Å². The molecule has 1 amide bonds. The van der Waals surface area contributed by atoms with Gasteiger partial charge in [-0.05, 0) is 35.9 Å². The second-order valence-electron chi connectivity index (χ2n) is 5.01. The predicted octanol–water partition coefficient (Wildman–Crippen LogP) is 2.84. The first kappa shape index (κ1) is 14.7. The van der Waals surface area contributed by atoms with Gasteiger partial charge in [-0.25, -0.2) is 0 Å². The highest BCUT2D eigenvalue weighted by atomic mass is 35.5. The van der Waals surface area contributed by atoms with Gasteiger partial charge in [0.2, 0.25) is 0 Å². The van der Waals surface area contributed by atoms with E-state index in [-0.39, 0.29) is 5.91 Å². The number of fused-ring (bicyclic) bond motifs is 1. The summed E-state index contributed by atoms with van der Waals surface area (Å²) < 4.78 is 11.2. The SMILES string of the molecule is O=C(NCCOc1ccc(Cl)cc1)C1Cc2ccccc2O1. The molecule has 1 unspecified atom stereocenters. The van der Waals surface area contributed by atoms with Gasteiger partial charge >= 0.3 is 0 Å². The van der Waals surface area contributed by atoms with E-state index in [9.17, 15) is 4.79 Å². The highest BCUT2D eigenvalue weighted by molar-refractivity contribution is 6.30. The lowest BCUT2D eigenvalue weighted by Crippen LogP contribution is -2.39. The maximum Gasteiger partial charge on any atom is 0.261 e. The van der Waals surface area contributed by atoms with Crippen LogP contribution in [0.4, 0.5) is 0 Å². The van der Waals surface area contributed by atoms with Crippen molar-refractivity contribution >= 4 is 17.5 Å². The Kier molecular flexibility index (Phi) is 4.49.